The van der Waals surface area contributed by atoms with Gasteiger partial charge in [0.15, 0.2) is 5.82 Å². The maximum Gasteiger partial charge on any atom is 0.157 e. The number of rotatable bonds is 5. The van der Waals surface area contributed by atoms with Crippen molar-refractivity contribution in [3.8, 4) is 11.5 Å². The predicted molar refractivity (Wildman–Crippen MR) is 122 cm³/mol. The molecule has 1 unspecified atom stereocenters. The number of aryl methyl sites for hydroxylation is 2. The Balaban J connectivity index is 1.64. The van der Waals surface area contributed by atoms with Gasteiger partial charge in [-0.15, -0.1) is 0 Å². The number of nitrogens with zero attached hydrogens (tertiary/aromatic N) is 3. The summed E-state index contributed by atoms with van der Waals surface area (Å²) < 4.78 is 4.69. The molecule has 158 valence electrons. The molecule has 1 fully saturated rings. The largest absolute Gasteiger partial charge is 0.385 e. The zero-order valence-corrected chi connectivity index (χ0v) is 18.1. The molecular formula is C26H27N3O2. The second-order valence-electron chi connectivity index (χ2n) is 9.50. The number of imidazole rings is 1. The van der Waals surface area contributed by atoms with Crippen LogP contribution < -0.4 is 0 Å². The van der Waals surface area contributed by atoms with Crippen LogP contribution in [-0.4, -0.2) is 25.5 Å². The zero-order valence-electron chi connectivity index (χ0n) is 18.1. The second-order valence-corrected chi connectivity index (χ2v) is 9.50. The Labute approximate surface area is 181 Å². The first kappa shape index (κ1) is 18.8. The lowest BCUT2D eigenvalue weighted by atomic mass is 9.87. The first-order valence-electron chi connectivity index (χ1n) is 11.3. The monoisotopic (exact) mass is 413 g/mol. The average molecular weight is 414 g/mol. The molecule has 0 spiro atoms. The van der Waals surface area contributed by atoms with Crippen LogP contribution in [0.1, 0.15) is 54.6 Å². The van der Waals surface area contributed by atoms with Gasteiger partial charge in [0, 0.05) is 35.1 Å². The average Bonchev–Trinajstić information content (AvgIpc) is 3.42. The van der Waals surface area contributed by atoms with Gasteiger partial charge >= 0.3 is 0 Å². The lowest BCUT2D eigenvalue weighted by Gasteiger charge is -2.30. The molecule has 2 aromatic carbocycles. The summed E-state index contributed by atoms with van der Waals surface area (Å²) in [6.45, 7) is 5.75. The van der Waals surface area contributed by atoms with E-state index in [9.17, 15) is 9.90 Å². The maximum atomic E-state index is 11.5. The van der Waals surface area contributed by atoms with Crippen molar-refractivity contribution in [2.75, 3.05) is 0 Å². The number of hydrogen-bond donors (Lipinski definition) is 1. The zero-order chi connectivity index (χ0) is 21.3. The lowest BCUT2D eigenvalue weighted by Crippen LogP contribution is -2.28. The molecule has 31 heavy (non-hydrogen) atoms. The van der Waals surface area contributed by atoms with Crippen LogP contribution in [0.4, 0.5) is 0 Å². The topological polar surface area (TPSA) is 60.1 Å². The number of hydrogen-bond acceptors (Lipinski definition) is 3. The van der Waals surface area contributed by atoms with Crippen molar-refractivity contribution in [3.63, 3.8) is 0 Å². The van der Waals surface area contributed by atoms with E-state index in [1.54, 1.807) is 0 Å². The Hall–Kier alpha value is -2.92. The Bertz CT molecular complexity index is 1350. The van der Waals surface area contributed by atoms with Crippen LogP contribution in [0.2, 0.25) is 0 Å². The van der Waals surface area contributed by atoms with Crippen molar-refractivity contribution in [2.45, 2.75) is 58.2 Å². The van der Waals surface area contributed by atoms with E-state index in [1.807, 2.05) is 19.1 Å². The Kier molecular flexibility index (Phi) is 3.97. The number of aliphatic hydroxyl groups is 1. The van der Waals surface area contributed by atoms with Crippen LogP contribution in [0.3, 0.4) is 0 Å². The van der Waals surface area contributed by atoms with Crippen LogP contribution >= 0.6 is 0 Å². The molecule has 0 bridgehead atoms. The maximum absolute atomic E-state index is 11.5. The summed E-state index contributed by atoms with van der Waals surface area (Å²) in [4.78, 5) is 16.6. The molecule has 2 aliphatic rings. The van der Waals surface area contributed by atoms with Crippen LogP contribution in [0.15, 0.2) is 36.4 Å². The fourth-order valence-electron chi connectivity index (χ4n) is 5.11. The van der Waals surface area contributed by atoms with E-state index < -0.39 is 5.60 Å². The molecule has 0 saturated heterocycles. The summed E-state index contributed by atoms with van der Waals surface area (Å²) in [5, 5.41) is 12.3. The minimum Gasteiger partial charge on any atom is -0.385 e. The van der Waals surface area contributed by atoms with E-state index in [4.69, 9.17) is 4.98 Å². The summed E-state index contributed by atoms with van der Waals surface area (Å²) in [5.74, 6) is 1.67. The van der Waals surface area contributed by atoms with E-state index in [1.165, 1.54) is 29.3 Å². The quantitative estimate of drug-likeness (QED) is 0.466. The second kappa shape index (κ2) is 6.54. The molecule has 6 rings (SSSR count). The van der Waals surface area contributed by atoms with Crippen LogP contribution in [0, 0.1) is 5.92 Å². The fraction of sp³-hybridized carbons (Fsp3) is 0.385. The Morgan fingerprint density at radius 2 is 2.06 bits per heavy atom. The standard InChI is InChI=1S/C26H27N3O2/c1-3-16-6-7-19-13-23(29(22(19)12-16)14-17-4-5-17)25-27-21-11-18(15-30)10-20-24(21)28(25)9-8-26(20,2)31/h6-7,10-13,15,17,31H,3-5,8-9,14H2,1-2H3. The van der Waals surface area contributed by atoms with Crippen LogP contribution in [0.5, 0.6) is 0 Å². The number of carbonyl (C=O) groups excluding carboxylic acids is 1. The summed E-state index contributed by atoms with van der Waals surface area (Å²) in [6, 6.07) is 12.7. The molecule has 5 heteroatoms. The first-order chi connectivity index (χ1) is 15.0. The molecule has 1 saturated carbocycles. The minimum absolute atomic E-state index is 0.562. The summed E-state index contributed by atoms with van der Waals surface area (Å²) in [7, 11) is 0. The van der Waals surface area contributed by atoms with Crippen molar-refractivity contribution in [1.29, 1.82) is 0 Å². The van der Waals surface area contributed by atoms with E-state index in [0.717, 1.165) is 53.3 Å². The molecule has 0 amide bonds. The van der Waals surface area contributed by atoms with Gasteiger partial charge in [0.1, 0.15) is 6.29 Å². The SMILES string of the molecule is CCc1ccc2cc(-c3nc4cc(C=O)cc5c4n3CCC5(C)O)n(CC3CC3)c2c1. The van der Waals surface area contributed by atoms with E-state index in [0.29, 0.717) is 18.5 Å². The summed E-state index contributed by atoms with van der Waals surface area (Å²) in [6.07, 6.45) is 5.04. The summed E-state index contributed by atoms with van der Waals surface area (Å²) >= 11 is 0. The number of aromatic nitrogens is 3. The minimum atomic E-state index is -0.957. The Morgan fingerprint density at radius 3 is 2.81 bits per heavy atom. The van der Waals surface area contributed by atoms with Crippen molar-refractivity contribution < 1.29 is 9.90 Å². The van der Waals surface area contributed by atoms with E-state index in [-0.39, 0.29) is 0 Å². The molecule has 3 heterocycles. The highest BCUT2D eigenvalue weighted by atomic mass is 16.3. The number of fused-ring (bicyclic) bond motifs is 1. The third-order valence-corrected chi connectivity index (χ3v) is 7.15. The Morgan fingerprint density at radius 1 is 1.23 bits per heavy atom. The smallest absolute Gasteiger partial charge is 0.157 e. The fourth-order valence-corrected chi connectivity index (χ4v) is 5.11. The summed E-state index contributed by atoms with van der Waals surface area (Å²) in [5.41, 5.74) is 5.90. The molecule has 1 aliphatic carbocycles. The third kappa shape index (κ3) is 2.87. The molecule has 4 aromatic rings. The highest BCUT2D eigenvalue weighted by molar-refractivity contribution is 5.92. The highest BCUT2D eigenvalue weighted by Gasteiger charge is 2.34. The molecule has 2 aromatic heterocycles. The molecule has 1 aliphatic heterocycles. The first-order valence-corrected chi connectivity index (χ1v) is 11.3. The van der Waals surface area contributed by atoms with Crippen molar-refractivity contribution in [1.82, 2.24) is 14.1 Å². The number of aldehydes is 1. The lowest BCUT2D eigenvalue weighted by molar-refractivity contribution is 0.0399. The molecular weight excluding hydrogens is 386 g/mol. The number of benzene rings is 2. The van der Waals surface area contributed by atoms with Crippen molar-refractivity contribution in [3.05, 3.63) is 53.1 Å². The van der Waals surface area contributed by atoms with Gasteiger partial charge in [-0.3, -0.25) is 4.79 Å². The van der Waals surface area contributed by atoms with Gasteiger partial charge in [-0.1, -0.05) is 19.1 Å². The van der Waals surface area contributed by atoms with Gasteiger partial charge < -0.3 is 14.2 Å². The molecule has 0 radical (unpaired) electrons. The van der Waals surface area contributed by atoms with E-state index >= 15 is 0 Å². The third-order valence-electron chi connectivity index (χ3n) is 7.15. The van der Waals surface area contributed by atoms with Crippen LogP contribution in [-0.2, 0) is 25.1 Å². The van der Waals surface area contributed by atoms with Crippen molar-refractivity contribution >= 4 is 28.2 Å². The van der Waals surface area contributed by atoms with Crippen LogP contribution in [0.25, 0.3) is 33.5 Å². The van der Waals surface area contributed by atoms with Gasteiger partial charge in [-0.05, 0) is 68.4 Å². The highest BCUT2D eigenvalue weighted by Crippen LogP contribution is 2.41. The molecule has 1 N–H and O–H groups in total. The predicted octanol–water partition coefficient (Wildman–Crippen LogP) is 5.05. The molecule has 1 atom stereocenters. The van der Waals surface area contributed by atoms with Crippen molar-refractivity contribution in [2.24, 2.45) is 5.92 Å². The van der Waals surface area contributed by atoms with Gasteiger partial charge in [0.25, 0.3) is 0 Å². The number of carbonyl (C=O) groups is 1. The van der Waals surface area contributed by atoms with Gasteiger partial charge in [-0.2, -0.15) is 0 Å². The van der Waals surface area contributed by atoms with E-state index in [2.05, 4.69) is 40.3 Å². The van der Waals surface area contributed by atoms with Gasteiger partial charge in [0.2, 0.25) is 0 Å². The molecule has 5 nitrogen and oxygen atoms in total. The van der Waals surface area contributed by atoms with Gasteiger partial charge in [0.05, 0.1) is 22.3 Å². The van der Waals surface area contributed by atoms with Gasteiger partial charge in [-0.25, -0.2) is 4.98 Å². The normalized spacial score (nSPS) is 20.6.